The van der Waals surface area contributed by atoms with Gasteiger partial charge in [-0.05, 0) is 38.3 Å². The fourth-order valence-electron chi connectivity index (χ4n) is 2.93. The summed E-state index contributed by atoms with van der Waals surface area (Å²) in [7, 11) is 1.54. The van der Waals surface area contributed by atoms with Gasteiger partial charge in [-0.3, -0.25) is 9.63 Å². The van der Waals surface area contributed by atoms with Gasteiger partial charge >= 0.3 is 0 Å². The van der Waals surface area contributed by atoms with Crippen LogP contribution < -0.4 is 25.8 Å². The number of hydrogen-bond donors (Lipinski definition) is 4. The topological polar surface area (TPSA) is 125 Å². The predicted molar refractivity (Wildman–Crippen MR) is 113 cm³/mol. The number of aromatic nitrogens is 4. The Morgan fingerprint density at radius 1 is 1.33 bits per heavy atom. The third-order valence-corrected chi connectivity index (χ3v) is 4.21. The van der Waals surface area contributed by atoms with E-state index in [4.69, 9.17) is 9.94 Å². The van der Waals surface area contributed by atoms with Crippen LogP contribution in [-0.4, -0.2) is 50.1 Å². The summed E-state index contributed by atoms with van der Waals surface area (Å²) in [6.45, 7) is 5.48. The molecule has 3 aromatic rings. The summed E-state index contributed by atoms with van der Waals surface area (Å²) in [6, 6.07) is 3.53. The molecule has 0 spiro atoms. The molecular weight excluding hydrogens is 388 g/mol. The average molecular weight is 415 g/mol. The molecule has 0 amide bonds. The zero-order valence-electron chi connectivity index (χ0n) is 17.5. The maximum atomic E-state index is 13.1. The number of pyridine rings is 2. The Hall–Kier alpha value is -3.24. The second-order valence-electron chi connectivity index (χ2n) is 7.91. The molecular formula is C20H27N6O4+. The van der Waals surface area contributed by atoms with Gasteiger partial charge in [-0.1, -0.05) is 0 Å². The average Bonchev–Trinajstić information content (AvgIpc) is 2.68. The van der Waals surface area contributed by atoms with Crippen molar-refractivity contribution >= 4 is 28.2 Å². The first-order valence-electron chi connectivity index (χ1n) is 9.50. The van der Waals surface area contributed by atoms with E-state index in [-0.39, 0.29) is 17.6 Å². The number of rotatable bonds is 7. The Morgan fingerprint density at radius 2 is 2.10 bits per heavy atom. The van der Waals surface area contributed by atoms with E-state index in [2.05, 4.69) is 20.6 Å². The van der Waals surface area contributed by atoms with E-state index in [0.29, 0.717) is 28.2 Å². The third kappa shape index (κ3) is 5.02. The molecule has 10 heteroatoms. The Kier molecular flexibility index (Phi) is 6.18. The van der Waals surface area contributed by atoms with Crippen molar-refractivity contribution in [2.45, 2.75) is 39.0 Å². The summed E-state index contributed by atoms with van der Waals surface area (Å²) >= 11 is 0. The van der Waals surface area contributed by atoms with Crippen LogP contribution in [0.4, 0.5) is 17.5 Å². The smallest absolute Gasteiger partial charge is 0.264 e. The fraction of sp³-hybridized carbons (Fsp3) is 0.400. The van der Waals surface area contributed by atoms with Gasteiger partial charge < -0.3 is 25.4 Å². The van der Waals surface area contributed by atoms with Gasteiger partial charge in [0.1, 0.15) is 18.7 Å². The van der Waals surface area contributed by atoms with Gasteiger partial charge in [-0.15, -0.1) is 0 Å². The number of nitrogens with zero attached hydrogens (tertiary/aromatic N) is 4. The Morgan fingerprint density at radius 3 is 2.77 bits per heavy atom. The van der Waals surface area contributed by atoms with Gasteiger partial charge in [0.25, 0.3) is 11.8 Å². The van der Waals surface area contributed by atoms with Crippen LogP contribution in [0, 0.1) is 0 Å². The quantitative estimate of drug-likeness (QED) is 0.410. The number of fused-ring (bicyclic) bond motifs is 1. The molecule has 3 aromatic heterocycles. The molecule has 0 aliphatic rings. The maximum absolute atomic E-state index is 13.1. The van der Waals surface area contributed by atoms with Crippen LogP contribution in [0.3, 0.4) is 0 Å². The molecule has 4 N–H and O–H groups in total. The molecule has 0 bridgehead atoms. The molecule has 0 aliphatic carbocycles. The molecule has 0 aliphatic heterocycles. The van der Waals surface area contributed by atoms with E-state index in [0.717, 1.165) is 0 Å². The lowest BCUT2D eigenvalue weighted by Gasteiger charge is -2.23. The number of anilines is 3. The van der Waals surface area contributed by atoms with Gasteiger partial charge in [-0.25, -0.2) is 9.97 Å². The van der Waals surface area contributed by atoms with Crippen LogP contribution in [0.5, 0.6) is 0 Å². The zero-order valence-corrected chi connectivity index (χ0v) is 17.5. The Labute approximate surface area is 173 Å². The molecule has 1 unspecified atom stereocenters. The number of hydrogen-bond acceptors (Lipinski definition) is 8. The first-order valence-corrected chi connectivity index (χ1v) is 9.50. The second kappa shape index (κ2) is 8.64. The molecule has 3 rings (SSSR count). The van der Waals surface area contributed by atoms with Gasteiger partial charge in [0.2, 0.25) is 12.0 Å². The van der Waals surface area contributed by atoms with Crippen molar-refractivity contribution in [3.63, 3.8) is 0 Å². The summed E-state index contributed by atoms with van der Waals surface area (Å²) in [6.07, 6.45) is 5.48. The van der Waals surface area contributed by atoms with Gasteiger partial charge in [0.15, 0.2) is 0 Å². The molecule has 1 atom stereocenters. The fourth-order valence-corrected chi connectivity index (χ4v) is 2.93. The first kappa shape index (κ1) is 21.5. The van der Waals surface area contributed by atoms with Crippen LogP contribution >= 0.6 is 0 Å². The van der Waals surface area contributed by atoms with Crippen LogP contribution in [0.15, 0.2) is 41.7 Å². The summed E-state index contributed by atoms with van der Waals surface area (Å²) in [5.41, 5.74) is -0.652. The van der Waals surface area contributed by atoms with E-state index in [1.165, 1.54) is 9.30 Å². The molecule has 3 heterocycles. The minimum absolute atomic E-state index is 0.00874. The second-order valence-corrected chi connectivity index (χ2v) is 7.91. The molecule has 0 saturated carbocycles. The number of aliphatic hydroxyl groups is 2. The van der Waals surface area contributed by atoms with E-state index in [1.54, 1.807) is 44.0 Å². The molecule has 0 radical (unpaired) electrons. The summed E-state index contributed by atoms with van der Waals surface area (Å²) in [4.78, 5) is 27.1. The predicted octanol–water partition coefficient (Wildman–Crippen LogP) is 0.445. The van der Waals surface area contributed by atoms with Crippen LogP contribution in [0.1, 0.15) is 20.8 Å². The first-order chi connectivity index (χ1) is 14.2. The van der Waals surface area contributed by atoms with E-state index >= 15 is 0 Å². The van der Waals surface area contributed by atoms with Crippen molar-refractivity contribution in [3.8, 4) is 0 Å². The molecule has 0 saturated heterocycles. The highest BCUT2D eigenvalue weighted by Crippen LogP contribution is 2.25. The lowest BCUT2D eigenvalue weighted by Crippen LogP contribution is -2.39. The van der Waals surface area contributed by atoms with E-state index < -0.39 is 12.7 Å². The van der Waals surface area contributed by atoms with Crippen LogP contribution in [0.2, 0.25) is 0 Å². The normalized spacial score (nSPS) is 12.6. The molecule has 10 nitrogen and oxygen atoms in total. The maximum Gasteiger partial charge on any atom is 0.264 e. The van der Waals surface area contributed by atoms with Crippen LogP contribution in [-0.2, 0) is 6.54 Å². The Balaban J connectivity index is 2.10. The van der Waals surface area contributed by atoms with Gasteiger partial charge in [0.05, 0.1) is 30.8 Å². The lowest BCUT2D eigenvalue weighted by molar-refractivity contribution is -0.885. The van der Waals surface area contributed by atoms with Crippen molar-refractivity contribution in [1.29, 1.82) is 0 Å². The number of aliphatic hydroxyl groups excluding tert-OH is 2. The van der Waals surface area contributed by atoms with Crippen molar-refractivity contribution in [2.24, 2.45) is 0 Å². The van der Waals surface area contributed by atoms with E-state index in [1.807, 2.05) is 20.8 Å². The molecule has 0 aromatic carbocycles. The van der Waals surface area contributed by atoms with Gasteiger partial charge in [-0.2, -0.15) is 0 Å². The molecule has 0 fully saturated rings. The standard InChI is InChI=1S/C20H26N6O4/c1-20(2,3)24-18-17-13(5-7-25(19(17)29)10-14(28)12-27)9-15(23-18)22-16-11-26(30-4)8-6-21-16/h5-9,11,14,27-28H,10,12H2,1-4H3,(H-,21,22,23,24,29)/p+1. The molecule has 160 valence electrons. The SMILES string of the molecule is CO[n+]1ccnc(Nc2cc3ccn(CC(O)CO)c(=O)c3c(NC(C)(C)C)n2)c1. The highest BCUT2D eigenvalue weighted by Gasteiger charge is 2.18. The summed E-state index contributed by atoms with van der Waals surface area (Å²) < 4.78 is 2.86. The minimum Gasteiger partial charge on any atom is -0.394 e. The number of nitrogens with one attached hydrogen (secondary N) is 2. The van der Waals surface area contributed by atoms with Crippen molar-refractivity contribution in [3.05, 3.63) is 47.3 Å². The Bertz CT molecular complexity index is 1090. The van der Waals surface area contributed by atoms with Crippen LogP contribution in [0.25, 0.3) is 10.8 Å². The largest absolute Gasteiger partial charge is 0.394 e. The molecule has 30 heavy (non-hydrogen) atoms. The summed E-state index contributed by atoms with van der Waals surface area (Å²) in [5.74, 6) is 1.44. The van der Waals surface area contributed by atoms with Crippen molar-refractivity contribution in [2.75, 3.05) is 24.4 Å². The monoisotopic (exact) mass is 415 g/mol. The third-order valence-electron chi connectivity index (χ3n) is 4.21. The summed E-state index contributed by atoms with van der Waals surface area (Å²) in [5, 5.41) is 26.3. The van der Waals surface area contributed by atoms with Gasteiger partial charge in [0, 0.05) is 16.5 Å². The zero-order chi connectivity index (χ0) is 21.9. The van der Waals surface area contributed by atoms with Crippen molar-refractivity contribution < 1.29 is 19.8 Å². The van der Waals surface area contributed by atoms with E-state index in [9.17, 15) is 9.90 Å². The highest BCUT2D eigenvalue weighted by atomic mass is 16.6. The highest BCUT2D eigenvalue weighted by molar-refractivity contribution is 5.93. The lowest BCUT2D eigenvalue weighted by atomic mass is 10.1. The minimum atomic E-state index is -1.02. The van der Waals surface area contributed by atoms with Crippen molar-refractivity contribution in [1.82, 2.24) is 14.5 Å².